The second-order valence-corrected chi connectivity index (χ2v) is 9.50. The van der Waals surface area contributed by atoms with E-state index in [4.69, 9.17) is 4.98 Å². The number of aromatic nitrogens is 4. The van der Waals surface area contributed by atoms with E-state index in [9.17, 15) is 9.18 Å². The molecule has 0 bridgehead atoms. The van der Waals surface area contributed by atoms with Crippen molar-refractivity contribution >= 4 is 32.6 Å². The molecule has 7 nitrogen and oxygen atoms in total. The molecule has 2 fully saturated rings. The molecule has 4 heterocycles. The van der Waals surface area contributed by atoms with Crippen molar-refractivity contribution in [2.75, 3.05) is 29.9 Å². The molecular formula is C23H21FN6OS. The van der Waals surface area contributed by atoms with E-state index < -0.39 is 5.82 Å². The third-order valence-electron chi connectivity index (χ3n) is 6.62. The zero-order chi connectivity index (χ0) is 22.0. The first-order valence-corrected chi connectivity index (χ1v) is 11.3. The van der Waals surface area contributed by atoms with Crippen molar-refractivity contribution in [3.05, 3.63) is 65.0 Å². The van der Waals surface area contributed by atoms with Gasteiger partial charge in [-0.3, -0.25) is 14.3 Å². The van der Waals surface area contributed by atoms with Crippen LogP contribution in [-0.2, 0) is 7.05 Å². The van der Waals surface area contributed by atoms with Crippen LogP contribution in [0.25, 0.3) is 21.5 Å². The van der Waals surface area contributed by atoms with Crippen LogP contribution >= 0.6 is 11.3 Å². The van der Waals surface area contributed by atoms with Gasteiger partial charge in [-0.1, -0.05) is 23.5 Å². The van der Waals surface area contributed by atoms with Crippen molar-refractivity contribution in [2.45, 2.75) is 6.04 Å². The molecule has 3 aromatic heterocycles. The van der Waals surface area contributed by atoms with Crippen molar-refractivity contribution in [1.29, 1.82) is 0 Å². The number of nitrogens with zero attached hydrogens (tertiary/aromatic N) is 6. The smallest absolute Gasteiger partial charge is 0.255 e. The van der Waals surface area contributed by atoms with Crippen LogP contribution in [-0.4, -0.2) is 45.7 Å². The van der Waals surface area contributed by atoms with E-state index >= 15 is 0 Å². The Morgan fingerprint density at radius 1 is 1.16 bits per heavy atom. The molecule has 4 aromatic rings. The summed E-state index contributed by atoms with van der Waals surface area (Å²) < 4.78 is 17.0. The van der Waals surface area contributed by atoms with Gasteiger partial charge in [-0.05, 0) is 18.2 Å². The number of thiazole rings is 1. The minimum absolute atomic E-state index is 0.213. The molecule has 0 amide bonds. The second-order valence-electron chi connectivity index (χ2n) is 8.49. The van der Waals surface area contributed by atoms with E-state index in [1.807, 2.05) is 25.2 Å². The molecule has 0 radical (unpaired) electrons. The molecule has 1 aliphatic heterocycles. The van der Waals surface area contributed by atoms with Gasteiger partial charge in [0.25, 0.3) is 5.56 Å². The molecule has 1 saturated heterocycles. The second kappa shape index (κ2) is 7.09. The number of para-hydroxylation sites is 1. The highest BCUT2D eigenvalue weighted by Crippen LogP contribution is 2.51. The molecule has 1 aromatic carbocycles. The average molecular weight is 449 g/mol. The fraction of sp³-hybridized carbons (Fsp3) is 0.304. The van der Waals surface area contributed by atoms with Crippen LogP contribution in [0.15, 0.2) is 53.6 Å². The molecule has 1 aliphatic carbocycles. The van der Waals surface area contributed by atoms with Crippen molar-refractivity contribution in [3.8, 4) is 11.3 Å². The van der Waals surface area contributed by atoms with E-state index in [2.05, 4.69) is 25.8 Å². The van der Waals surface area contributed by atoms with Crippen molar-refractivity contribution < 1.29 is 4.39 Å². The fourth-order valence-corrected chi connectivity index (χ4v) is 5.90. The summed E-state index contributed by atoms with van der Waals surface area (Å²) in [5.74, 6) is 1.04. The Morgan fingerprint density at radius 3 is 2.69 bits per heavy atom. The normalized spacial score (nSPS) is 21.7. The molecule has 32 heavy (non-hydrogen) atoms. The lowest BCUT2D eigenvalue weighted by Crippen LogP contribution is -2.36. The summed E-state index contributed by atoms with van der Waals surface area (Å²) >= 11 is 1.73. The predicted molar refractivity (Wildman–Crippen MR) is 124 cm³/mol. The predicted octanol–water partition coefficient (Wildman–Crippen LogP) is 3.16. The minimum atomic E-state index is -0.489. The van der Waals surface area contributed by atoms with Crippen molar-refractivity contribution in [1.82, 2.24) is 19.5 Å². The Balaban J connectivity index is 1.24. The lowest BCUT2D eigenvalue weighted by molar-refractivity contribution is 0.623. The van der Waals surface area contributed by atoms with E-state index in [1.165, 1.54) is 21.5 Å². The molecule has 2 aliphatic rings. The first-order chi connectivity index (χ1) is 15.5. The van der Waals surface area contributed by atoms with Gasteiger partial charge >= 0.3 is 0 Å². The third-order valence-corrected chi connectivity index (χ3v) is 7.72. The summed E-state index contributed by atoms with van der Waals surface area (Å²) in [7, 11) is 3.68. The summed E-state index contributed by atoms with van der Waals surface area (Å²) in [6.07, 6.45) is 2.64. The molecule has 1 saturated carbocycles. The van der Waals surface area contributed by atoms with Gasteiger partial charge in [0.05, 0.1) is 22.1 Å². The number of rotatable bonds is 4. The Morgan fingerprint density at radius 2 is 1.94 bits per heavy atom. The summed E-state index contributed by atoms with van der Waals surface area (Å²) in [6, 6.07) is 11.4. The maximum atomic E-state index is 14.2. The SMILES string of the molecule is CN(c1nc(-c2ccncc2F)cc(=O)n1C)[C@@H]1[C@@H]2CN(c3nc4ccccc4s3)C[C@@H]21. The molecule has 0 N–H and O–H groups in total. The number of fused-ring (bicyclic) bond motifs is 2. The van der Waals surface area contributed by atoms with Crippen LogP contribution in [0.5, 0.6) is 0 Å². The van der Waals surface area contributed by atoms with Gasteiger partial charge in [0, 0.05) is 62.9 Å². The molecule has 0 unspecified atom stereocenters. The molecule has 0 spiro atoms. The van der Waals surface area contributed by atoms with E-state index in [1.54, 1.807) is 24.5 Å². The third kappa shape index (κ3) is 2.99. The van der Waals surface area contributed by atoms with Gasteiger partial charge in [-0.15, -0.1) is 0 Å². The average Bonchev–Trinajstić information content (AvgIpc) is 3.13. The quantitative estimate of drug-likeness (QED) is 0.478. The molecular weight excluding hydrogens is 427 g/mol. The number of halogens is 1. The lowest BCUT2D eigenvalue weighted by Gasteiger charge is -2.26. The minimum Gasteiger partial charge on any atom is -0.347 e. The largest absolute Gasteiger partial charge is 0.347 e. The molecule has 9 heteroatoms. The number of pyridine rings is 1. The topological polar surface area (TPSA) is 67.2 Å². The number of hydrogen-bond acceptors (Lipinski definition) is 7. The Hall–Kier alpha value is -3.33. The molecule has 6 rings (SSSR count). The first-order valence-electron chi connectivity index (χ1n) is 10.5. The zero-order valence-electron chi connectivity index (χ0n) is 17.6. The van der Waals surface area contributed by atoms with Crippen LogP contribution in [0.2, 0.25) is 0 Å². The fourth-order valence-electron chi connectivity index (χ4n) is 4.92. The van der Waals surface area contributed by atoms with E-state index in [0.717, 1.165) is 29.9 Å². The van der Waals surface area contributed by atoms with Crippen LogP contribution in [0.1, 0.15) is 0 Å². The molecule has 3 atom stereocenters. The number of benzene rings is 1. The Labute approximate surface area is 187 Å². The van der Waals surface area contributed by atoms with Crippen molar-refractivity contribution in [3.63, 3.8) is 0 Å². The van der Waals surface area contributed by atoms with Crippen LogP contribution in [0.4, 0.5) is 15.5 Å². The Kier molecular flexibility index (Phi) is 4.29. The lowest BCUT2D eigenvalue weighted by atomic mass is 10.2. The van der Waals surface area contributed by atoms with Crippen LogP contribution < -0.4 is 15.4 Å². The van der Waals surface area contributed by atoms with Gasteiger partial charge in [0.2, 0.25) is 5.95 Å². The van der Waals surface area contributed by atoms with Gasteiger partial charge in [-0.25, -0.2) is 14.4 Å². The number of piperidine rings is 1. The highest BCUT2D eigenvalue weighted by atomic mass is 32.1. The van der Waals surface area contributed by atoms with Crippen LogP contribution in [0.3, 0.4) is 0 Å². The van der Waals surface area contributed by atoms with Crippen molar-refractivity contribution in [2.24, 2.45) is 18.9 Å². The molecule has 162 valence electrons. The number of anilines is 2. The standard InChI is InChI=1S/C23H21FN6OS/c1-28-20(31)9-18(13-7-8-25-10-16(13)24)26-22(28)29(2)21-14-11-30(12-15(14)21)23-27-17-5-3-4-6-19(17)32-23/h3-10,14-15,21H,11-12H2,1-2H3/t14-,15+,21-. The summed E-state index contributed by atoms with van der Waals surface area (Å²) in [6.45, 7) is 1.87. The highest BCUT2D eigenvalue weighted by Gasteiger charge is 2.58. The van der Waals surface area contributed by atoms with Gasteiger partial charge in [0.15, 0.2) is 10.9 Å². The van der Waals surface area contributed by atoms with Gasteiger partial charge < -0.3 is 9.80 Å². The summed E-state index contributed by atoms with van der Waals surface area (Å²) in [5, 5.41) is 1.07. The zero-order valence-corrected chi connectivity index (χ0v) is 18.5. The number of hydrogen-bond donors (Lipinski definition) is 0. The summed E-state index contributed by atoms with van der Waals surface area (Å²) in [5.41, 5.74) is 1.44. The van der Waals surface area contributed by atoms with Gasteiger partial charge in [-0.2, -0.15) is 0 Å². The van der Waals surface area contributed by atoms with Gasteiger partial charge in [0.1, 0.15) is 0 Å². The maximum absolute atomic E-state index is 14.2. The Bertz CT molecular complexity index is 1360. The summed E-state index contributed by atoms with van der Waals surface area (Å²) in [4.78, 5) is 30.3. The van der Waals surface area contributed by atoms with E-state index in [0.29, 0.717) is 29.5 Å². The highest BCUT2D eigenvalue weighted by molar-refractivity contribution is 7.22. The van der Waals surface area contributed by atoms with Crippen LogP contribution in [0, 0.1) is 17.7 Å². The van der Waals surface area contributed by atoms with E-state index in [-0.39, 0.29) is 11.1 Å². The monoisotopic (exact) mass is 448 g/mol. The maximum Gasteiger partial charge on any atom is 0.255 e. The first kappa shape index (κ1) is 19.4.